The fourth-order valence-electron chi connectivity index (χ4n) is 3.35. The number of carbonyl (C=O) groups excluding carboxylic acids is 1. The first-order valence-electron chi connectivity index (χ1n) is 8.79. The number of hydrogen-bond acceptors (Lipinski definition) is 5. The van der Waals surface area contributed by atoms with Gasteiger partial charge in [0.2, 0.25) is 0 Å². The first-order valence-corrected chi connectivity index (χ1v) is 9.17. The van der Waals surface area contributed by atoms with Gasteiger partial charge in [-0.2, -0.15) is 0 Å². The molecule has 1 amide bonds. The highest BCUT2D eigenvalue weighted by atomic mass is 35.5. The van der Waals surface area contributed by atoms with Crippen molar-refractivity contribution in [2.24, 2.45) is 0 Å². The van der Waals surface area contributed by atoms with E-state index in [0.29, 0.717) is 39.8 Å². The van der Waals surface area contributed by atoms with Crippen LogP contribution in [0.4, 0.5) is 21.7 Å². The molecule has 4 N–H and O–H groups in total. The van der Waals surface area contributed by atoms with Gasteiger partial charge in [-0.05, 0) is 43.7 Å². The number of fused-ring (bicyclic) bond motifs is 1. The molecule has 0 radical (unpaired) electrons. The summed E-state index contributed by atoms with van der Waals surface area (Å²) >= 11 is 5.84. The molecule has 10 heteroatoms. The van der Waals surface area contributed by atoms with Gasteiger partial charge in [0.1, 0.15) is 23.8 Å². The third-order valence-electron chi connectivity index (χ3n) is 4.75. The molecule has 0 bridgehead atoms. The highest BCUT2D eigenvalue weighted by Crippen LogP contribution is 2.37. The van der Waals surface area contributed by atoms with E-state index in [-0.39, 0.29) is 16.2 Å². The molecule has 0 aliphatic carbocycles. The van der Waals surface area contributed by atoms with Crippen LogP contribution in [0.15, 0.2) is 24.5 Å². The third-order valence-corrected chi connectivity index (χ3v) is 5.04. The van der Waals surface area contributed by atoms with Gasteiger partial charge in [-0.15, -0.1) is 0 Å². The molecule has 0 spiro atoms. The number of halogens is 2. The molecule has 2 aromatic heterocycles. The highest BCUT2D eigenvalue weighted by Gasteiger charge is 2.30. The number of benzene rings is 1. The first kappa shape index (κ1) is 19.6. The molecule has 30 heavy (non-hydrogen) atoms. The van der Waals surface area contributed by atoms with Gasteiger partial charge in [0.05, 0.1) is 21.7 Å². The van der Waals surface area contributed by atoms with Crippen LogP contribution in [0.2, 0.25) is 5.02 Å². The van der Waals surface area contributed by atoms with E-state index < -0.39 is 17.7 Å². The Labute approximate surface area is 174 Å². The van der Waals surface area contributed by atoms with Crippen molar-refractivity contribution in [1.82, 2.24) is 15.0 Å². The summed E-state index contributed by atoms with van der Waals surface area (Å²) < 4.78 is 13.4. The molecule has 0 unspecified atom stereocenters. The minimum atomic E-state index is -1.05. The molecular weight excluding hydrogens is 413 g/mol. The number of aryl methyl sites for hydroxylation is 1. The van der Waals surface area contributed by atoms with E-state index >= 15 is 0 Å². The molecule has 1 aliphatic heterocycles. The van der Waals surface area contributed by atoms with E-state index in [1.165, 1.54) is 24.5 Å². The van der Waals surface area contributed by atoms with Crippen LogP contribution in [-0.2, 0) is 4.79 Å². The number of nitrogens with zero attached hydrogens (tertiary/aromatic N) is 2. The lowest BCUT2D eigenvalue weighted by molar-refractivity contribution is -0.110. The van der Waals surface area contributed by atoms with Crippen LogP contribution >= 0.6 is 11.6 Å². The second-order valence-electron chi connectivity index (χ2n) is 6.68. The minimum absolute atomic E-state index is 0.0608. The van der Waals surface area contributed by atoms with Gasteiger partial charge >= 0.3 is 5.97 Å². The molecule has 3 heterocycles. The van der Waals surface area contributed by atoms with E-state index in [1.807, 2.05) is 0 Å². The first-order chi connectivity index (χ1) is 14.3. The molecule has 1 aromatic carbocycles. The Balaban J connectivity index is 1.80. The maximum Gasteiger partial charge on any atom is 0.337 e. The smallest absolute Gasteiger partial charge is 0.337 e. The van der Waals surface area contributed by atoms with E-state index in [9.17, 15) is 19.1 Å². The van der Waals surface area contributed by atoms with Crippen molar-refractivity contribution in [2.45, 2.75) is 13.8 Å². The maximum absolute atomic E-state index is 13.4. The maximum atomic E-state index is 13.4. The lowest BCUT2D eigenvalue weighted by atomic mass is 10.1. The Morgan fingerprint density at radius 3 is 2.73 bits per heavy atom. The summed E-state index contributed by atoms with van der Waals surface area (Å²) in [5, 5.41) is 15.0. The molecule has 152 valence electrons. The predicted octanol–water partition coefficient (Wildman–Crippen LogP) is 4.15. The number of carboxylic acid groups (broad SMARTS) is 1. The van der Waals surface area contributed by atoms with Crippen LogP contribution in [0.1, 0.15) is 32.9 Å². The monoisotopic (exact) mass is 427 g/mol. The standard InChI is InChI=1S/C20H15ClFN5O3/c1-8-14(25-9(2)15(8)20(29)30)6-11-16-17(23-7-24-18(16)27-19(11)28)26-10-3-4-13(22)12(21)5-10/h3-7,25H,1-2H3,(H,29,30)(H2,23,24,26,27,28)/b11-6-. The summed E-state index contributed by atoms with van der Waals surface area (Å²) in [4.78, 5) is 35.4. The van der Waals surface area contributed by atoms with Crippen molar-refractivity contribution in [3.05, 3.63) is 63.4 Å². The topological polar surface area (TPSA) is 120 Å². The summed E-state index contributed by atoms with van der Waals surface area (Å²) in [6, 6.07) is 4.10. The van der Waals surface area contributed by atoms with Crippen molar-refractivity contribution >= 4 is 52.4 Å². The number of hydrogen-bond donors (Lipinski definition) is 4. The number of amides is 1. The van der Waals surface area contributed by atoms with Crippen LogP contribution in [0.25, 0.3) is 11.6 Å². The van der Waals surface area contributed by atoms with Crippen molar-refractivity contribution < 1.29 is 19.1 Å². The molecule has 0 saturated carbocycles. The lowest BCUT2D eigenvalue weighted by Gasteiger charge is -2.10. The Morgan fingerprint density at radius 1 is 1.30 bits per heavy atom. The molecule has 0 atom stereocenters. The summed E-state index contributed by atoms with van der Waals surface area (Å²) in [6.45, 7) is 3.31. The zero-order valence-electron chi connectivity index (χ0n) is 15.8. The van der Waals surface area contributed by atoms with Gasteiger partial charge in [0.25, 0.3) is 5.91 Å². The van der Waals surface area contributed by atoms with Crippen LogP contribution < -0.4 is 10.6 Å². The Kier molecular flexibility index (Phi) is 4.75. The Hall–Kier alpha value is -3.72. The van der Waals surface area contributed by atoms with E-state index in [2.05, 4.69) is 25.6 Å². The Bertz CT molecular complexity index is 1250. The summed E-state index contributed by atoms with van der Waals surface area (Å²) in [5.74, 6) is -1.40. The number of nitrogens with one attached hydrogen (secondary N) is 3. The Morgan fingerprint density at radius 2 is 2.07 bits per heavy atom. The lowest BCUT2D eigenvalue weighted by Crippen LogP contribution is -2.04. The fourth-order valence-corrected chi connectivity index (χ4v) is 3.53. The van der Waals surface area contributed by atoms with Crippen molar-refractivity contribution in [3.63, 3.8) is 0 Å². The number of aromatic carboxylic acids is 1. The van der Waals surface area contributed by atoms with Crippen LogP contribution in [0.3, 0.4) is 0 Å². The molecule has 0 saturated heterocycles. The van der Waals surface area contributed by atoms with Crippen LogP contribution in [-0.4, -0.2) is 31.9 Å². The quantitative estimate of drug-likeness (QED) is 0.464. The highest BCUT2D eigenvalue weighted by molar-refractivity contribution is 6.35. The van der Waals surface area contributed by atoms with Crippen molar-refractivity contribution in [2.75, 3.05) is 10.6 Å². The zero-order chi connectivity index (χ0) is 21.6. The number of carboxylic acids is 1. The van der Waals surface area contributed by atoms with E-state index in [4.69, 9.17) is 11.6 Å². The average Bonchev–Trinajstić information content (AvgIpc) is 3.15. The van der Waals surface area contributed by atoms with Gasteiger partial charge in [-0.3, -0.25) is 4.79 Å². The van der Waals surface area contributed by atoms with Gasteiger partial charge < -0.3 is 20.7 Å². The average molecular weight is 428 g/mol. The summed E-state index contributed by atoms with van der Waals surface area (Å²) in [7, 11) is 0. The largest absolute Gasteiger partial charge is 0.478 e. The van der Waals surface area contributed by atoms with Crippen LogP contribution in [0, 0.1) is 19.7 Å². The minimum Gasteiger partial charge on any atom is -0.478 e. The second kappa shape index (κ2) is 7.27. The van der Waals surface area contributed by atoms with Gasteiger partial charge in [-0.25, -0.2) is 19.2 Å². The normalized spacial score (nSPS) is 14.0. The molecular formula is C20H15ClFN5O3. The van der Waals surface area contributed by atoms with Gasteiger partial charge in [0.15, 0.2) is 0 Å². The molecule has 1 aliphatic rings. The molecule has 0 fully saturated rings. The van der Waals surface area contributed by atoms with Gasteiger partial charge in [-0.1, -0.05) is 11.6 Å². The predicted molar refractivity (Wildman–Crippen MR) is 110 cm³/mol. The third kappa shape index (κ3) is 3.29. The van der Waals surface area contributed by atoms with Gasteiger partial charge in [0, 0.05) is 17.1 Å². The SMILES string of the molecule is Cc1[nH]c(/C=C2\C(=O)Nc3ncnc(Nc4ccc(F)c(Cl)c4)c32)c(C)c1C(=O)O. The van der Waals surface area contributed by atoms with E-state index in [1.54, 1.807) is 19.9 Å². The summed E-state index contributed by atoms with van der Waals surface area (Å²) in [5.41, 5.74) is 2.77. The fraction of sp³-hybridized carbons (Fsp3) is 0.100. The summed E-state index contributed by atoms with van der Waals surface area (Å²) in [6.07, 6.45) is 2.84. The van der Waals surface area contributed by atoms with Crippen molar-refractivity contribution in [3.8, 4) is 0 Å². The van der Waals surface area contributed by atoms with Crippen LogP contribution in [0.5, 0.6) is 0 Å². The number of carbonyl (C=O) groups is 2. The molecule has 4 rings (SSSR count). The molecule has 8 nitrogen and oxygen atoms in total. The van der Waals surface area contributed by atoms with E-state index in [0.717, 1.165) is 0 Å². The number of H-pyrrole nitrogens is 1. The second-order valence-corrected chi connectivity index (χ2v) is 7.09. The number of aromatic amines is 1. The zero-order valence-corrected chi connectivity index (χ0v) is 16.6. The number of anilines is 3. The number of rotatable bonds is 4. The number of aromatic nitrogens is 3. The van der Waals surface area contributed by atoms with Crippen molar-refractivity contribution in [1.29, 1.82) is 0 Å². The molecule has 3 aromatic rings.